The first-order valence-electron chi connectivity index (χ1n) is 8.69. The van der Waals surface area contributed by atoms with Crippen LogP contribution in [0.15, 0.2) is 18.2 Å². The summed E-state index contributed by atoms with van der Waals surface area (Å²) in [7, 11) is 0. The number of piperidine rings is 1. The molecule has 25 heavy (non-hydrogen) atoms. The van der Waals surface area contributed by atoms with Crippen molar-refractivity contribution < 1.29 is 23.8 Å². The van der Waals surface area contributed by atoms with Crippen LogP contribution in [-0.2, 0) is 14.3 Å². The molecule has 0 saturated carbocycles. The number of rotatable bonds is 5. The highest BCUT2D eigenvalue weighted by molar-refractivity contribution is 5.94. The summed E-state index contributed by atoms with van der Waals surface area (Å²) < 4.78 is 15.7. The molecule has 0 aromatic heterocycles. The van der Waals surface area contributed by atoms with E-state index in [1.165, 1.54) is 0 Å². The van der Waals surface area contributed by atoms with Crippen molar-refractivity contribution in [1.82, 2.24) is 4.90 Å². The first kappa shape index (κ1) is 17.5. The van der Waals surface area contributed by atoms with Crippen LogP contribution in [0.3, 0.4) is 0 Å². The van der Waals surface area contributed by atoms with Gasteiger partial charge in [-0.2, -0.15) is 0 Å². The van der Waals surface area contributed by atoms with Crippen molar-refractivity contribution in [2.24, 2.45) is 5.92 Å². The minimum Gasteiger partial charge on any atom is -0.466 e. The van der Waals surface area contributed by atoms with Gasteiger partial charge in [-0.15, -0.1) is 0 Å². The van der Waals surface area contributed by atoms with Crippen molar-refractivity contribution in [3.63, 3.8) is 0 Å². The zero-order valence-corrected chi connectivity index (χ0v) is 14.6. The molecular formula is C18H24N2O5. The fourth-order valence-corrected chi connectivity index (χ4v) is 3.17. The second-order valence-corrected chi connectivity index (χ2v) is 6.30. The molecule has 0 unspecified atom stereocenters. The Morgan fingerprint density at radius 3 is 2.72 bits per heavy atom. The van der Waals surface area contributed by atoms with Crippen LogP contribution in [0.25, 0.3) is 0 Å². The number of carbonyl (C=O) groups excluding carboxylic acids is 2. The lowest BCUT2D eigenvalue weighted by Crippen LogP contribution is -2.47. The van der Waals surface area contributed by atoms with Gasteiger partial charge in [0, 0.05) is 11.8 Å². The number of esters is 1. The molecule has 0 aliphatic carbocycles. The van der Waals surface area contributed by atoms with Gasteiger partial charge in [0.1, 0.15) is 0 Å². The maximum absolute atomic E-state index is 12.5. The van der Waals surface area contributed by atoms with E-state index in [2.05, 4.69) is 10.2 Å². The van der Waals surface area contributed by atoms with E-state index in [0.29, 0.717) is 36.9 Å². The van der Waals surface area contributed by atoms with Crippen LogP contribution in [0.5, 0.6) is 11.5 Å². The van der Waals surface area contributed by atoms with Crippen LogP contribution < -0.4 is 14.8 Å². The second-order valence-electron chi connectivity index (χ2n) is 6.30. The van der Waals surface area contributed by atoms with Gasteiger partial charge >= 0.3 is 5.97 Å². The molecule has 1 N–H and O–H groups in total. The molecule has 1 aromatic carbocycles. The van der Waals surface area contributed by atoms with Gasteiger partial charge in [0.2, 0.25) is 12.7 Å². The third-order valence-electron chi connectivity index (χ3n) is 4.72. The molecule has 0 spiro atoms. The Balaban J connectivity index is 1.52. The van der Waals surface area contributed by atoms with Crippen LogP contribution in [0.1, 0.15) is 26.7 Å². The molecule has 0 bridgehead atoms. The van der Waals surface area contributed by atoms with Gasteiger partial charge in [-0.3, -0.25) is 14.5 Å². The standard InChI is InChI=1S/C18H24N2O5/c1-3-23-18(22)13-6-8-20(9-7-13)12(2)17(21)19-14-4-5-15-16(10-14)25-11-24-15/h4-5,10,12-13H,3,6-9,11H2,1-2H3,(H,19,21)/t12-/m1/s1. The molecule has 2 aliphatic heterocycles. The number of amides is 1. The van der Waals surface area contributed by atoms with Crippen molar-refractivity contribution in [2.75, 3.05) is 31.8 Å². The van der Waals surface area contributed by atoms with Crippen molar-refractivity contribution >= 4 is 17.6 Å². The van der Waals surface area contributed by atoms with Crippen LogP contribution in [0.2, 0.25) is 0 Å². The number of hydrogen-bond acceptors (Lipinski definition) is 6. The van der Waals surface area contributed by atoms with Crippen molar-refractivity contribution in [3.8, 4) is 11.5 Å². The highest BCUT2D eigenvalue weighted by Gasteiger charge is 2.30. The van der Waals surface area contributed by atoms with Crippen molar-refractivity contribution in [3.05, 3.63) is 18.2 Å². The fourth-order valence-electron chi connectivity index (χ4n) is 3.17. The Kier molecular flexibility index (Phi) is 5.43. The van der Waals surface area contributed by atoms with Crippen LogP contribution in [0, 0.1) is 5.92 Å². The van der Waals surface area contributed by atoms with Gasteiger partial charge < -0.3 is 19.5 Å². The van der Waals surface area contributed by atoms with Gasteiger partial charge in [-0.05, 0) is 51.9 Å². The van der Waals surface area contributed by atoms with Gasteiger partial charge in [-0.25, -0.2) is 0 Å². The maximum atomic E-state index is 12.5. The monoisotopic (exact) mass is 348 g/mol. The van der Waals surface area contributed by atoms with Crippen molar-refractivity contribution in [1.29, 1.82) is 0 Å². The van der Waals surface area contributed by atoms with Crippen molar-refractivity contribution in [2.45, 2.75) is 32.7 Å². The van der Waals surface area contributed by atoms with E-state index in [1.807, 2.05) is 13.8 Å². The summed E-state index contributed by atoms with van der Waals surface area (Å²) in [5, 5.41) is 2.92. The van der Waals surface area contributed by atoms with E-state index < -0.39 is 0 Å². The number of nitrogens with zero attached hydrogens (tertiary/aromatic N) is 1. The summed E-state index contributed by atoms with van der Waals surface area (Å²) in [6, 6.07) is 5.08. The molecule has 2 aliphatic rings. The van der Waals surface area contributed by atoms with E-state index in [4.69, 9.17) is 14.2 Å². The Bertz CT molecular complexity index is 640. The van der Waals surface area contributed by atoms with E-state index in [9.17, 15) is 9.59 Å². The Morgan fingerprint density at radius 1 is 1.28 bits per heavy atom. The highest BCUT2D eigenvalue weighted by atomic mass is 16.7. The summed E-state index contributed by atoms with van der Waals surface area (Å²) in [5.74, 6) is 1.07. The number of fused-ring (bicyclic) bond motifs is 1. The zero-order valence-electron chi connectivity index (χ0n) is 14.6. The number of nitrogens with one attached hydrogen (secondary N) is 1. The average Bonchev–Trinajstić information content (AvgIpc) is 3.09. The molecule has 7 heteroatoms. The number of likely N-dealkylation sites (tertiary alicyclic amines) is 1. The maximum Gasteiger partial charge on any atom is 0.309 e. The van der Waals surface area contributed by atoms with Gasteiger partial charge in [-0.1, -0.05) is 0 Å². The highest BCUT2D eigenvalue weighted by Crippen LogP contribution is 2.34. The number of carbonyl (C=O) groups is 2. The van der Waals surface area contributed by atoms with E-state index in [-0.39, 0.29) is 30.6 Å². The van der Waals surface area contributed by atoms with E-state index in [1.54, 1.807) is 18.2 Å². The average molecular weight is 348 g/mol. The summed E-state index contributed by atoms with van der Waals surface area (Å²) in [6.45, 7) is 5.73. The van der Waals surface area contributed by atoms with Gasteiger partial charge in [0.05, 0.1) is 18.6 Å². The summed E-state index contributed by atoms with van der Waals surface area (Å²) in [5.41, 5.74) is 0.683. The van der Waals surface area contributed by atoms with Gasteiger partial charge in [0.15, 0.2) is 11.5 Å². The summed E-state index contributed by atoms with van der Waals surface area (Å²) in [6.07, 6.45) is 1.45. The topological polar surface area (TPSA) is 77.1 Å². The summed E-state index contributed by atoms with van der Waals surface area (Å²) >= 11 is 0. The minimum absolute atomic E-state index is 0.0553. The number of anilines is 1. The SMILES string of the molecule is CCOC(=O)C1CCN([C@H](C)C(=O)Nc2ccc3c(c2)OCO3)CC1. The Labute approximate surface area is 147 Å². The summed E-state index contributed by atoms with van der Waals surface area (Å²) in [4.78, 5) is 26.4. The molecule has 7 nitrogen and oxygen atoms in total. The Morgan fingerprint density at radius 2 is 2.00 bits per heavy atom. The molecule has 1 atom stereocenters. The zero-order chi connectivity index (χ0) is 17.8. The quantitative estimate of drug-likeness (QED) is 0.821. The Hall–Kier alpha value is -2.28. The van der Waals surface area contributed by atoms with Crippen LogP contribution in [0.4, 0.5) is 5.69 Å². The fraction of sp³-hybridized carbons (Fsp3) is 0.556. The second kappa shape index (κ2) is 7.74. The molecule has 0 radical (unpaired) electrons. The lowest BCUT2D eigenvalue weighted by atomic mass is 9.96. The molecule has 3 rings (SSSR count). The molecule has 2 heterocycles. The molecular weight excluding hydrogens is 324 g/mol. The smallest absolute Gasteiger partial charge is 0.309 e. The third kappa shape index (κ3) is 4.04. The third-order valence-corrected chi connectivity index (χ3v) is 4.72. The lowest BCUT2D eigenvalue weighted by molar-refractivity contribution is -0.149. The number of benzene rings is 1. The normalized spacial score (nSPS) is 18.6. The van der Waals surface area contributed by atoms with Crippen LogP contribution >= 0.6 is 0 Å². The predicted octanol–water partition coefficient (Wildman–Crippen LogP) is 2.02. The van der Waals surface area contributed by atoms with E-state index in [0.717, 1.165) is 12.8 Å². The number of hydrogen-bond donors (Lipinski definition) is 1. The molecule has 136 valence electrons. The molecule has 1 aromatic rings. The molecule has 1 amide bonds. The molecule has 1 fully saturated rings. The minimum atomic E-state index is -0.270. The van der Waals surface area contributed by atoms with Crippen LogP contribution in [-0.4, -0.2) is 49.3 Å². The molecule has 1 saturated heterocycles. The largest absolute Gasteiger partial charge is 0.466 e. The predicted molar refractivity (Wildman–Crippen MR) is 91.6 cm³/mol. The van der Waals surface area contributed by atoms with Gasteiger partial charge in [0.25, 0.3) is 0 Å². The first-order valence-corrected chi connectivity index (χ1v) is 8.69. The lowest BCUT2D eigenvalue weighted by Gasteiger charge is -2.34. The number of ether oxygens (including phenoxy) is 3. The first-order chi connectivity index (χ1) is 12.1. The van der Waals surface area contributed by atoms with E-state index >= 15 is 0 Å².